The molecular weight excluding hydrogens is 359 g/mol. The molecule has 1 amide bonds. The highest BCUT2D eigenvalue weighted by molar-refractivity contribution is 6.04. The van der Waals surface area contributed by atoms with Crippen LogP contribution < -0.4 is 5.32 Å². The highest BCUT2D eigenvalue weighted by atomic mass is 19.1. The monoisotopic (exact) mass is 378 g/mol. The summed E-state index contributed by atoms with van der Waals surface area (Å²) in [5.41, 5.74) is 2.41. The smallest absolute Gasteiger partial charge is 0.339 e. The summed E-state index contributed by atoms with van der Waals surface area (Å²) >= 11 is 0. The molecule has 1 aliphatic carbocycles. The molecule has 1 N–H and O–H groups in total. The molecule has 3 aromatic rings. The van der Waals surface area contributed by atoms with Gasteiger partial charge in [-0.05, 0) is 31.0 Å². The van der Waals surface area contributed by atoms with Gasteiger partial charge in [-0.1, -0.05) is 36.4 Å². The van der Waals surface area contributed by atoms with E-state index in [0.29, 0.717) is 22.4 Å². The number of rotatable bonds is 6. The average Bonchev–Trinajstić information content (AvgIpc) is 3.56. The number of amides is 1. The van der Waals surface area contributed by atoms with Crippen molar-refractivity contribution in [1.29, 1.82) is 0 Å². The number of ether oxygens (including phenoxy) is 1. The summed E-state index contributed by atoms with van der Waals surface area (Å²) < 4.78 is 18.8. The molecular formula is C22H19FN2O3. The highest BCUT2D eigenvalue weighted by Crippen LogP contribution is 2.40. The van der Waals surface area contributed by atoms with E-state index in [1.54, 1.807) is 24.3 Å². The summed E-state index contributed by atoms with van der Waals surface area (Å²) in [5, 5.41) is 3.25. The Kier molecular flexibility index (Phi) is 5.02. The van der Waals surface area contributed by atoms with Crippen molar-refractivity contribution in [2.24, 2.45) is 0 Å². The van der Waals surface area contributed by atoms with Crippen molar-refractivity contribution in [2.75, 3.05) is 6.61 Å². The third kappa shape index (κ3) is 4.01. The first-order valence-corrected chi connectivity index (χ1v) is 9.19. The first-order chi connectivity index (χ1) is 13.6. The molecule has 0 bridgehead atoms. The second-order valence-electron chi connectivity index (χ2n) is 6.83. The zero-order valence-electron chi connectivity index (χ0n) is 15.2. The van der Waals surface area contributed by atoms with Crippen molar-refractivity contribution in [3.8, 4) is 0 Å². The second-order valence-corrected chi connectivity index (χ2v) is 6.83. The number of nitrogens with one attached hydrogen (secondary N) is 1. The summed E-state index contributed by atoms with van der Waals surface area (Å²) in [6.07, 6.45) is 2.14. The van der Waals surface area contributed by atoms with Gasteiger partial charge in [0, 0.05) is 29.1 Å². The molecule has 0 unspecified atom stereocenters. The molecule has 0 aliphatic heterocycles. The molecule has 0 saturated heterocycles. The lowest BCUT2D eigenvalue weighted by atomic mass is 10.1. The summed E-state index contributed by atoms with van der Waals surface area (Å²) in [5.74, 6) is -1.06. The number of fused-ring (bicyclic) bond motifs is 1. The maximum absolute atomic E-state index is 13.6. The predicted octanol–water partition coefficient (Wildman–Crippen LogP) is 3.72. The Hall–Kier alpha value is -3.28. The molecule has 0 radical (unpaired) electrons. The number of hydrogen-bond acceptors (Lipinski definition) is 4. The van der Waals surface area contributed by atoms with E-state index >= 15 is 0 Å². The van der Waals surface area contributed by atoms with E-state index in [1.165, 1.54) is 6.07 Å². The van der Waals surface area contributed by atoms with Crippen molar-refractivity contribution in [3.05, 3.63) is 77.2 Å². The maximum atomic E-state index is 13.6. The molecule has 1 fully saturated rings. The van der Waals surface area contributed by atoms with Crippen LogP contribution in [0.15, 0.2) is 54.6 Å². The van der Waals surface area contributed by atoms with Crippen molar-refractivity contribution in [1.82, 2.24) is 10.3 Å². The van der Waals surface area contributed by atoms with Gasteiger partial charge in [-0.25, -0.2) is 9.18 Å². The molecule has 0 atom stereocenters. The Morgan fingerprint density at radius 1 is 1.11 bits per heavy atom. The topological polar surface area (TPSA) is 68.3 Å². The Labute approximate surface area is 161 Å². The quantitative estimate of drug-likeness (QED) is 0.664. The molecule has 1 heterocycles. The summed E-state index contributed by atoms with van der Waals surface area (Å²) in [4.78, 5) is 29.2. The molecule has 142 valence electrons. The molecule has 2 aromatic carbocycles. The van der Waals surface area contributed by atoms with E-state index in [4.69, 9.17) is 4.74 Å². The van der Waals surface area contributed by atoms with Crippen LogP contribution in [0.3, 0.4) is 0 Å². The third-order valence-electron chi connectivity index (χ3n) is 4.72. The van der Waals surface area contributed by atoms with Crippen LogP contribution in [0.1, 0.15) is 40.4 Å². The standard InChI is InChI=1S/C22H19FN2O3/c23-18-7-3-1-5-15(18)12-24-21(26)13-28-22(27)17-11-20(14-9-10-14)25-19-8-4-2-6-16(17)19/h1-8,11,14H,9-10,12-13H2,(H,24,26). The van der Waals surface area contributed by atoms with Gasteiger partial charge in [0.1, 0.15) is 5.82 Å². The van der Waals surface area contributed by atoms with Crippen LogP contribution >= 0.6 is 0 Å². The number of carbonyl (C=O) groups is 2. The Morgan fingerprint density at radius 2 is 1.86 bits per heavy atom. The van der Waals surface area contributed by atoms with Crippen LogP contribution in [-0.2, 0) is 16.1 Å². The lowest BCUT2D eigenvalue weighted by molar-refractivity contribution is -0.124. The summed E-state index contributed by atoms with van der Waals surface area (Å²) in [7, 11) is 0. The predicted molar refractivity (Wildman–Crippen MR) is 102 cm³/mol. The van der Waals surface area contributed by atoms with Gasteiger partial charge in [-0.2, -0.15) is 0 Å². The van der Waals surface area contributed by atoms with Gasteiger partial charge in [0.2, 0.25) is 0 Å². The Balaban J connectivity index is 1.42. The van der Waals surface area contributed by atoms with E-state index in [2.05, 4.69) is 10.3 Å². The third-order valence-corrected chi connectivity index (χ3v) is 4.72. The fourth-order valence-corrected chi connectivity index (χ4v) is 3.05. The lowest BCUT2D eigenvalue weighted by Crippen LogP contribution is -2.28. The molecule has 1 saturated carbocycles. The number of hydrogen-bond donors (Lipinski definition) is 1. The van der Waals surface area contributed by atoms with Gasteiger partial charge in [0.05, 0.1) is 11.1 Å². The minimum Gasteiger partial charge on any atom is -0.452 e. The SMILES string of the molecule is O=C(COC(=O)c1cc(C2CC2)nc2ccccc12)NCc1ccccc1F. The molecule has 28 heavy (non-hydrogen) atoms. The number of esters is 1. The largest absolute Gasteiger partial charge is 0.452 e. The van der Waals surface area contributed by atoms with Gasteiger partial charge in [0.15, 0.2) is 6.61 Å². The van der Waals surface area contributed by atoms with Gasteiger partial charge in [-0.3, -0.25) is 9.78 Å². The molecule has 1 aliphatic rings. The second kappa shape index (κ2) is 7.76. The zero-order valence-corrected chi connectivity index (χ0v) is 15.2. The van der Waals surface area contributed by atoms with Crippen LogP contribution in [0, 0.1) is 5.82 Å². The van der Waals surface area contributed by atoms with Crippen LogP contribution in [-0.4, -0.2) is 23.5 Å². The number of aromatic nitrogens is 1. The van der Waals surface area contributed by atoms with E-state index in [1.807, 2.05) is 24.3 Å². The first-order valence-electron chi connectivity index (χ1n) is 9.19. The molecule has 0 spiro atoms. The summed E-state index contributed by atoms with van der Waals surface area (Å²) in [6, 6.07) is 15.3. The normalized spacial score (nSPS) is 13.3. The van der Waals surface area contributed by atoms with E-state index in [-0.39, 0.29) is 6.54 Å². The molecule has 1 aromatic heterocycles. The van der Waals surface area contributed by atoms with Crippen LogP contribution in [0.2, 0.25) is 0 Å². The number of benzene rings is 2. The lowest BCUT2D eigenvalue weighted by Gasteiger charge is -2.10. The average molecular weight is 378 g/mol. The van der Waals surface area contributed by atoms with Gasteiger partial charge >= 0.3 is 5.97 Å². The van der Waals surface area contributed by atoms with Gasteiger partial charge in [-0.15, -0.1) is 0 Å². The van der Waals surface area contributed by atoms with Crippen LogP contribution in [0.4, 0.5) is 4.39 Å². The van der Waals surface area contributed by atoms with Crippen molar-refractivity contribution in [2.45, 2.75) is 25.3 Å². The van der Waals surface area contributed by atoms with E-state index < -0.39 is 24.3 Å². The maximum Gasteiger partial charge on any atom is 0.339 e. The Bertz CT molecular complexity index is 1050. The van der Waals surface area contributed by atoms with Crippen molar-refractivity contribution in [3.63, 3.8) is 0 Å². The molecule has 6 heteroatoms. The minimum atomic E-state index is -0.568. The van der Waals surface area contributed by atoms with Gasteiger partial charge < -0.3 is 10.1 Å². The van der Waals surface area contributed by atoms with Crippen LogP contribution in [0.25, 0.3) is 10.9 Å². The van der Waals surface area contributed by atoms with Crippen LogP contribution in [0.5, 0.6) is 0 Å². The molecule has 4 rings (SSSR count). The van der Waals surface area contributed by atoms with Crippen molar-refractivity contribution >= 4 is 22.8 Å². The van der Waals surface area contributed by atoms with Gasteiger partial charge in [0.25, 0.3) is 5.91 Å². The number of para-hydroxylation sites is 1. The number of halogens is 1. The number of pyridine rings is 1. The minimum absolute atomic E-state index is 0.0348. The Morgan fingerprint density at radius 3 is 2.64 bits per heavy atom. The number of nitrogens with zero attached hydrogens (tertiary/aromatic N) is 1. The number of carbonyl (C=O) groups excluding carboxylic acids is 2. The zero-order chi connectivity index (χ0) is 19.5. The van der Waals surface area contributed by atoms with Crippen molar-refractivity contribution < 1.29 is 18.7 Å². The fraction of sp³-hybridized carbons (Fsp3) is 0.227. The highest BCUT2D eigenvalue weighted by Gasteiger charge is 2.27. The molecule has 5 nitrogen and oxygen atoms in total. The van der Waals surface area contributed by atoms with E-state index in [0.717, 1.165) is 24.1 Å². The first kappa shape index (κ1) is 18.1. The fourth-order valence-electron chi connectivity index (χ4n) is 3.05. The summed E-state index contributed by atoms with van der Waals surface area (Å²) in [6.45, 7) is -0.393. The van der Waals surface area contributed by atoms with E-state index in [9.17, 15) is 14.0 Å².